The van der Waals surface area contributed by atoms with E-state index in [1.54, 1.807) is 12.3 Å². The number of rotatable bonds is 4. The zero-order chi connectivity index (χ0) is 13.5. The molecule has 2 heterocycles. The molecule has 6 nitrogen and oxygen atoms in total. The molecule has 0 unspecified atom stereocenters. The first kappa shape index (κ1) is 14.0. The molecule has 0 spiro atoms. The summed E-state index contributed by atoms with van der Waals surface area (Å²) in [6.45, 7) is 3.90. The van der Waals surface area contributed by atoms with Crippen LogP contribution in [0, 0.1) is 0 Å². The Morgan fingerprint density at radius 3 is 2.95 bits per heavy atom. The van der Waals surface area contributed by atoms with Gasteiger partial charge in [0, 0.05) is 31.2 Å². The minimum Gasteiger partial charge on any atom is -0.259 e. The highest BCUT2D eigenvalue weighted by molar-refractivity contribution is 8.11. The van der Waals surface area contributed by atoms with Crippen molar-refractivity contribution in [2.75, 3.05) is 13.1 Å². The normalized spacial score (nSPS) is 16.6. The fourth-order valence-electron chi connectivity index (χ4n) is 1.80. The number of hydrogen-bond acceptors (Lipinski definition) is 6. The van der Waals surface area contributed by atoms with Gasteiger partial charge in [-0.1, -0.05) is 6.92 Å². The van der Waals surface area contributed by atoms with E-state index in [0.717, 1.165) is 31.6 Å². The first-order valence-electron chi connectivity index (χ1n) is 6.37. The molecule has 0 aromatic carbocycles. The van der Waals surface area contributed by atoms with Crippen LogP contribution in [0.5, 0.6) is 0 Å². The van der Waals surface area contributed by atoms with Crippen LogP contribution in [-0.2, 0) is 0 Å². The van der Waals surface area contributed by atoms with E-state index in [2.05, 4.69) is 25.0 Å². The van der Waals surface area contributed by atoms with E-state index >= 15 is 0 Å². The van der Waals surface area contributed by atoms with Crippen LogP contribution in [0.3, 0.4) is 0 Å². The number of carbonyl (C=O) groups is 1. The number of hydrogen-bond donors (Lipinski definition) is 1. The zero-order valence-electron chi connectivity index (χ0n) is 10.9. The molecule has 7 heteroatoms. The molecule has 2 rings (SSSR count). The third kappa shape index (κ3) is 4.29. The standard InChI is InChI=1S/C12H17N5OS/c1-2-10(11-6-5-7-13-14-11)15-16-12(18)19-17-8-3-4-9-17/h5-7H,2-4,8-9H2,1H3,(H,16,18)/b15-10+. The molecule has 1 saturated heterocycles. The lowest BCUT2D eigenvalue weighted by Crippen LogP contribution is -2.21. The molecular formula is C12H17N5OS. The summed E-state index contributed by atoms with van der Waals surface area (Å²) in [4.78, 5) is 11.7. The van der Waals surface area contributed by atoms with Gasteiger partial charge in [-0.25, -0.2) is 9.73 Å². The first-order chi connectivity index (χ1) is 9.29. The summed E-state index contributed by atoms with van der Waals surface area (Å²) in [5.41, 5.74) is 3.98. The van der Waals surface area contributed by atoms with Gasteiger partial charge in [0.2, 0.25) is 0 Å². The Morgan fingerprint density at radius 2 is 2.32 bits per heavy atom. The Hall–Kier alpha value is -1.47. The minimum atomic E-state index is -0.156. The second-order valence-corrected chi connectivity index (χ2v) is 5.22. The topological polar surface area (TPSA) is 70.5 Å². The van der Waals surface area contributed by atoms with Crippen LogP contribution in [0.1, 0.15) is 31.9 Å². The fourth-order valence-corrected chi connectivity index (χ4v) is 2.56. The van der Waals surface area contributed by atoms with E-state index in [-0.39, 0.29) is 5.24 Å². The van der Waals surface area contributed by atoms with Crippen molar-refractivity contribution < 1.29 is 4.79 Å². The molecule has 1 fully saturated rings. The van der Waals surface area contributed by atoms with Gasteiger partial charge in [-0.05, 0) is 31.4 Å². The lowest BCUT2D eigenvalue weighted by atomic mass is 10.2. The Kier molecular flexibility index (Phi) is 5.29. The van der Waals surface area contributed by atoms with Crippen LogP contribution in [0.4, 0.5) is 4.79 Å². The number of hydrazone groups is 1. The molecule has 0 saturated carbocycles. The number of nitrogens with zero attached hydrogens (tertiary/aromatic N) is 4. The number of aromatic nitrogens is 2. The van der Waals surface area contributed by atoms with Crippen molar-refractivity contribution in [1.82, 2.24) is 19.9 Å². The summed E-state index contributed by atoms with van der Waals surface area (Å²) in [6, 6.07) is 3.63. The monoisotopic (exact) mass is 279 g/mol. The second kappa shape index (κ2) is 7.20. The fraction of sp³-hybridized carbons (Fsp3) is 0.500. The van der Waals surface area contributed by atoms with Crippen molar-refractivity contribution >= 4 is 22.9 Å². The maximum absolute atomic E-state index is 11.7. The van der Waals surface area contributed by atoms with E-state index in [4.69, 9.17) is 0 Å². The van der Waals surface area contributed by atoms with E-state index in [1.807, 2.05) is 13.0 Å². The number of nitrogens with one attached hydrogen (secondary N) is 1. The zero-order valence-corrected chi connectivity index (χ0v) is 11.7. The lowest BCUT2D eigenvalue weighted by Gasteiger charge is -2.11. The van der Waals surface area contributed by atoms with Crippen LogP contribution in [-0.4, -0.2) is 38.5 Å². The minimum absolute atomic E-state index is 0.156. The molecule has 1 N–H and O–H groups in total. The Balaban J connectivity index is 1.90. The molecule has 1 amide bonds. The summed E-state index contributed by atoms with van der Waals surface area (Å²) < 4.78 is 2.05. The van der Waals surface area contributed by atoms with Crippen molar-refractivity contribution in [2.45, 2.75) is 26.2 Å². The number of amides is 1. The Labute approximate surface area is 116 Å². The predicted molar refractivity (Wildman–Crippen MR) is 75.8 cm³/mol. The molecule has 0 bridgehead atoms. The molecule has 0 atom stereocenters. The summed E-state index contributed by atoms with van der Waals surface area (Å²) in [7, 11) is 0. The van der Waals surface area contributed by atoms with Gasteiger partial charge in [0.1, 0.15) is 5.69 Å². The van der Waals surface area contributed by atoms with E-state index in [1.165, 1.54) is 11.9 Å². The quantitative estimate of drug-likeness (QED) is 0.519. The second-order valence-electron chi connectivity index (χ2n) is 4.15. The van der Waals surface area contributed by atoms with Crippen LogP contribution >= 0.6 is 11.9 Å². The van der Waals surface area contributed by atoms with Crippen molar-refractivity contribution in [2.24, 2.45) is 5.10 Å². The van der Waals surface area contributed by atoms with Crippen molar-refractivity contribution in [3.63, 3.8) is 0 Å². The average Bonchev–Trinajstić information content (AvgIpc) is 2.93. The van der Waals surface area contributed by atoms with Crippen molar-refractivity contribution in [3.8, 4) is 0 Å². The molecular weight excluding hydrogens is 262 g/mol. The number of carbonyl (C=O) groups excluding carboxylic acids is 1. The van der Waals surface area contributed by atoms with Crippen LogP contribution in [0.15, 0.2) is 23.4 Å². The van der Waals surface area contributed by atoms with Crippen LogP contribution < -0.4 is 5.43 Å². The molecule has 19 heavy (non-hydrogen) atoms. The van der Waals surface area contributed by atoms with Crippen LogP contribution in [0.2, 0.25) is 0 Å². The maximum Gasteiger partial charge on any atom is 0.314 e. The van der Waals surface area contributed by atoms with Gasteiger partial charge in [-0.2, -0.15) is 10.2 Å². The van der Waals surface area contributed by atoms with Crippen molar-refractivity contribution in [1.29, 1.82) is 0 Å². The molecule has 1 aliphatic rings. The molecule has 0 aliphatic carbocycles. The van der Waals surface area contributed by atoms with Gasteiger partial charge in [-0.15, -0.1) is 5.10 Å². The average molecular weight is 279 g/mol. The molecule has 0 radical (unpaired) electrons. The Morgan fingerprint density at radius 1 is 1.53 bits per heavy atom. The largest absolute Gasteiger partial charge is 0.314 e. The lowest BCUT2D eigenvalue weighted by molar-refractivity contribution is 0.260. The highest BCUT2D eigenvalue weighted by Gasteiger charge is 2.16. The SMILES string of the molecule is CC/C(=N\NC(=O)SN1CCCC1)c1cccnn1. The van der Waals surface area contributed by atoms with Gasteiger partial charge in [0.15, 0.2) is 0 Å². The highest BCUT2D eigenvalue weighted by Crippen LogP contribution is 2.18. The molecule has 1 aliphatic heterocycles. The summed E-state index contributed by atoms with van der Waals surface area (Å²) in [5, 5.41) is 11.8. The van der Waals surface area contributed by atoms with Gasteiger partial charge in [0.05, 0.1) is 5.71 Å². The third-order valence-corrected chi connectivity index (χ3v) is 3.64. The highest BCUT2D eigenvalue weighted by atomic mass is 32.2. The van der Waals surface area contributed by atoms with Crippen molar-refractivity contribution in [3.05, 3.63) is 24.0 Å². The van der Waals surface area contributed by atoms with E-state index in [0.29, 0.717) is 12.1 Å². The van der Waals surface area contributed by atoms with Gasteiger partial charge >= 0.3 is 5.24 Å². The van der Waals surface area contributed by atoms with Gasteiger partial charge in [0.25, 0.3) is 0 Å². The van der Waals surface area contributed by atoms with Crippen LogP contribution in [0.25, 0.3) is 0 Å². The molecule has 1 aromatic heterocycles. The Bertz CT molecular complexity index is 445. The van der Waals surface area contributed by atoms with Gasteiger partial charge in [-0.3, -0.25) is 4.79 Å². The first-order valence-corrected chi connectivity index (χ1v) is 7.14. The summed E-state index contributed by atoms with van der Waals surface area (Å²) >= 11 is 1.20. The summed E-state index contributed by atoms with van der Waals surface area (Å²) in [6.07, 6.45) is 4.61. The maximum atomic E-state index is 11.7. The third-order valence-electron chi connectivity index (χ3n) is 2.76. The summed E-state index contributed by atoms with van der Waals surface area (Å²) in [5.74, 6) is 0. The molecule has 102 valence electrons. The van der Waals surface area contributed by atoms with E-state index in [9.17, 15) is 4.79 Å². The predicted octanol–water partition coefficient (Wildman–Crippen LogP) is 2.04. The van der Waals surface area contributed by atoms with Gasteiger partial charge < -0.3 is 0 Å². The smallest absolute Gasteiger partial charge is 0.259 e. The molecule has 1 aromatic rings. The van der Waals surface area contributed by atoms with E-state index < -0.39 is 0 Å².